The second-order valence-corrected chi connectivity index (χ2v) is 5.36. The first-order valence-corrected chi connectivity index (χ1v) is 7.17. The Morgan fingerprint density at radius 1 is 1.17 bits per heavy atom. The van der Waals surface area contributed by atoms with E-state index in [1.54, 1.807) is 12.1 Å². The molecular weight excluding hydrogens is 377 g/mol. The summed E-state index contributed by atoms with van der Waals surface area (Å²) >= 11 is 3.23. The third kappa shape index (κ3) is 4.38. The van der Waals surface area contributed by atoms with Gasteiger partial charge in [0.2, 0.25) is 0 Å². The molecule has 2 aromatic rings. The number of hydrogen-bond acceptors (Lipinski definition) is 3. The van der Waals surface area contributed by atoms with Crippen molar-refractivity contribution in [3.8, 4) is 5.75 Å². The molecule has 4 nitrogen and oxygen atoms in total. The number of nitrogens with one attached hydrogen (secondary N) is 2. The molecule has 0 aliphatic heterocycles. The first-order chi connectivity index (χ1) is 10.8. The lowest BCUT2D eigenvalue weighted by molar-refractivity contribution is -0.137. The molecule has 0 heterocycles. The third-order valence-electron chi connectivity index (χ3n) is 2.93. The maximum Gasteiger partial charge on any atom is 0.416 e. The van der Waals surface area contributed by atoms with Gasteiger partial charge in [-0.25, -0.2) is 0 Å². The molecule has 2 rings (SSSR count). The molecule has 0 spiro atoms. The molecular formula is C15H12BrF3N2O2. The van der Waals surface area contributed by atoms with Crippen LogP contribution in [0.15, 0.2) is 46.9 Å². The maximum absolute atomic E-state index is 12.6. The van der Waals surface area contributed by atoms with Crippen LogP contribution in [0.1, 0.15) is 15.9 Å². The number of hydrogen-bond donors (Lipinski definition) is 2. The number of methoxy groups -OCH3 is 1. The van der Waals surface area contributed by atoms with Gasteiger partial charge in [-0.1, -0.05) is 6.07 Å². The van der Waals surface area contributed by atoms with E-state index in [1.165, 1.54) is 25.3 Å². The van der Waals surface area contributed by atoms with Crippen molar-refractivity contribution in [3.63, 3.8) is 0 Å². The number of carbonyl (C=O) groups is 1. The zero-order chi connectivity index (χ0) is 17.0. The van der Waals surface area contributed by atoms with Gasteiger partial charge in [0, 0.05) is 4.47 Å². The Kier molecular flexibility index (Phi) is 5.15. The summed E-state index contributed by atoms with van der Waals surface area (Å²) in [7, 11) is 1.46. The molecule has 0 aliphatic rings. The van der Waals surface area contributed by atoms with Gasteiger partial charge in [0.15, 0.2) is 0 Å². The van der Waals surface area contributed by atoms with Crippen molar-refractivity contribution >= 4 is 27.5 Å². The van der Waals surface area contributed by atoms with Crippen LogP contribution >= 0.6 is 15.9 Å². The van der Waals surface area contributed by atoms with Crippen molar-refractivity contribution < 1.29 is 22.7 Å². The van der Waals surface area contributed by atoms with Crippen LogP contribution in [-0.4, -0.2) is 13.0 Å². The van der Waals surface area contributed by atoms with E-state index < -0.39 is 17.6 Å². The van der Waals surface area contributed by atoms with Crippen molar-refractivity contribution in [3.05, 3.63) is 58.1 Å². The molecule has 0 unspecified atom stereocenters. The fraction of sp³-hybridized carbons (Fsp3) is 0.133. The summed E-state index contributed by atoms with van der Waals surface area (Å²) in [4.78, 5) is 12.1. The van der Waals surface area contributed by atoms with Crippen LogP contribution in [0.5, 0.6) is 5.75 Å². The molecule has 0 aromatic heterocycles. The van der Waals surface area contributed by atoms with Crippen LogP contribution in [0.2, 0.25) is 0 Å². The van der Waals surface area contributed by atoms with Crippen molar-refractivity contribution in [2.75, 3.05) is 12.5 Å². The van der Waals surface area contributed by atoms with Crippen molar-refractivity contribution in [1.29, 1.82) is 0 Å². The Balaban J connectivity index is 2.11. The minimum absolute atomic E-state index is 0.118. The first kappa shape index (κ1) is 17.1. The van der Waals surface area contributed by atoms with E-state index in [4.69, 9.17) is 4.74 Å². The Morgan fingerprint density at radius 3 is 2.57 bits per heavy atom. The van der Waals surface area contributed by atoms with Gasteiger partial charge < -0.3 is 4.74 Å². The fourth-order valence-corrected chi connectivity index (χ4v) is 2.20. The molecule has 0 aliphatic carbocycles. The van der Waals surface area contributed by atoms with Gasteiger partial charge in [-0.2, -0.15) is 13.2 Å². The molecule has 122 valence electrons. The van der Waals surface area contributed by atoms with E-state index in [-0.39, 0.29) is 11.3 Å². The standard InChI is InChI=1S/C15H12BrF3N2O2/c1-23-11-5-6-13(16)12(8-11)14(22)21-20-10-4-2-3-9(7-10)15(17,18)19/h2-8,20H,1H3,(H,21,22). The molecule has 0 bridgehead atoms. The van der Waals surface area contributed by atoms with Gasteiger partial charge in [-0.15, -0.1) is 0 Å². The lowest BCUT2D eigenvalue weighted by atomic mass is 10.2. The molecule has 1 amide bonds. The van der Waals surface area contributed by atoms with E-state index in [2.05, 4.69) is 26.8 Å². The summed E-state index contributed by atoms with van der Waals surface area (Å²) in [5.41, 5.74) is 4.40. The molecule has 8 heteroatoms. The monoisotopic (exact) mass is 388 g/mol. The summed E-state index contributed by atoms with van der Waals surface area (Å²) in [6, 6.07) is 9.33. The van der Waals surface area contributed by atoms with E-state index in [0.29, 0.717) is 10.2 Å². The highest BCUT2D eigenvalue weighted by atomic mass is 79.9. The zero-order valence-electron chi connectivity index (χ0n) is 11.9. The van der Waals surface area contributed by atoms with Crippen molar-refractivity contribution in [2.45, 2.75) is 6.18 Å². The summed E-state index contributed by atoms with van der Waals surface area (Å²) in [5, 5.41) is 0. The highest BCUT2D eigenvalue weighted by Gasteiger charge is 2.30. The average Bonchev–Trinajstić information content (AvgIpc) is 2.52. The van der Waals surface area contributed by atoms with Crippen LogP contribution in [0.25, 0.3) is 0 Å². The lowest BCUT2D eigenvalue weighted by Gasteiger charge is -2.12. The summed E-state index contributed by atoms with van der Waals surface area (Å²) in [5.74, 6) is -0.0365. The molecule has 0 saturated heterocycles. The predicted molar refractivity (Wildman–Crippen MR) is 83.2 cm³/mol. The number of ether oxygens (including phenoxy) is 1. The number of alkyl halides is 3. The molecule has 2 N–H and O–H groups in total. The number of anilines is 1. The smallest absolute Gasteiger partial charge is 0.416 e. The highest BCUT2D eigenvalue weighted by Crippen LogP contribution is 2.30. The van der Waals surface area contributed by atoms with E-state index in [0.717, 1.165) is 12.1 Å². The van der Waals surface area contributed by atoms with E-state index in [9.17, 15) is 18.0 Å². The van der Waals surface area contributed by atoms with Gasteiger partial charge >= 0.3 is 6.18 Å². The fourth-order valence-electron chi connectivity index (χ4n) is 1.77. The van der Waals surface area contributed by atoms with Crippen LogP contribution in [-0.2, 0) is 6.18 Å². The number of halogens is 4. The Bertz CT molecular complexity index is 720. The molecule has 0 fully saturated rings. The SMILES string of the molecule is COc1ccc(Br)c(C(=O)NNc2cccc(C(F)(F)F)c2)c1. The second-order valence-electron chi connectivity index (χ2n) is 4.50. The lowest BCUT2D eigenvalue weighted by Crippen LogP contribution is -2.29. The summed E-state index contributed by atoms with van der Waals surface area (Å²) < 4.78 is 43.5. The number of hydrazine groups is 1. The summed E-state index contributed by atoms with van der Waals surface area (Å²) in [6.45, 7) is 0. The average molecular weight is 389 g/mol. The normalized spacial score (nSPS) is 11.0. The Hall–Kier alpha value is -2.22. The third-order valence-corrected chi connectivity index (χ3v) is 3.62. The van der Waals surface area contributed by atoms with E-state index >= 15 is 0 Å². The highest BCUT2D eigenvalue weighted by molar-refractivity contribution is 9.10. The molecule has 2 aromatic carbocycles. The van der Waals surface area contributed by atoms with Crippen LogP contribution in [0.3, 0.4) is 0 Å². The largest absolute Gasteiger partial charge is 0.497 e. The minimum atomic E-state index is -4.45. The zero-order valence-corrected chi connectivity index (χ0v) is 13.5. The summed E-state index contributed by atoms with van der Waals surface area (Å²) in [6.07, 6.45) is -4.45. The van der Waals surface area contributed by atoms with Crippen LogP contribution < -0.4 is 15.6 Å². The van der Waals surface area contributed by atoms with Gasteiger partial charge in [0.05, 0.1) is 23.9 Å². The molecule has 0 atom stereocenters. The van der Waals surface area contributed by atoms with E-state index in [1.807, 2.05) is 0 Å². The maximum atomic E-state index is 12.6. The Labute approximate surface area is 138 Å². The molecule has 0 saturated carbocycles. The molecule has 23 heavy (non-hydrogen) atoms. The van der Waals surface area contributed by atoms with Gasteiger partial charge in [-0.05, 0) is 52.3 Å². The van der Waals surface area contributed by atoms with Crippen LogP contribution in [0.4, 0.5) is 18.9 Å². The van der Waals surface area contributed by atoms with Gasteiger partial charge in [0.25, 0.3) is 5.91 Å². The Morgan fingerprint density at radius 2 is 1.91 bits per heavy atom. The topological polar surface area (TPSA) is 50.4 Å². The van der Waals surface area contributed by atoms with Crippen molar-refractivity contribution in [1.82, 2.24) is 5.43 Å². The predicted octanol–water partition coefficient (Wildman–Crippen LogP) is 4.23. The van der Waals surface area contributed by atoms with Gasteiger partial charge in [0.1, 0.15) is 5.75 Å². The minimum Gasteiger partial charge on any atom is -0.497 e. The van der Waals surface area contributed by atoms with Crippen molar-refractivity contribution in [2.24, 2.45) is 0 Å². The number of rotatable bonds is 4. The number of carbonyl (C=O) groups excluding carboxylic acids is 1. The molecule has 0 radical (unpaired) electrons. The van der Waals surface area contributed by atoms with Gasteiger partial charge in [-0.3, -0.25) is 15.6 Å². The number of benzene rings is 2. The number of amides is 1. The van der Waals surface area contributed by atoms with Crippen LogP contribution in [0, 0.1) is 0 Å². The first-order valence-electron chi connectivity index (χ1n) is 6.38. The second kappa shape index (κ2) is 6.91. The quantitative estimate of drug-likeness (QED) is 0.770.